The molecule has 130 valence electrons. The second-order valence-electron chi connectivity index (χ2n) is 6.86. The van der Waals surface area contributed by atoms with E-state index >= 15 is 0 Å². The van der Waals surface area contributed by atoms with Crippen LogP contribution in [-0.4, -0.2) is 40.7 Å². The van der Waals surface area contributed by atoms with E-state index in [0.717, 1.165) is 37.6 Å². The number of fused-ring (bicyclic) bond motifs is 2. The van der Waals surface area contributed by atoms with Gasteiger partial charge >= 0.3 is 0 Å². The second-order valence-corrected chi connectivity index (χ2v) is 6.86. The van der Waals surface area contributed by atoms with Crippen LogP contribution in [-0.2, 0) is 7.05 Å². The molecule has 0 radical (unpaired) electrons. The van der Waals surface area contributed by atoms with E-state index in [9.17, 15) is 0 Å². The number of rotatable bonds is 2. The third-order valence-corrected chi connectivity index (χ3v) is 5.27. The van der Waals surface area contributed by atoms with Crippen molar-refractivity contribution in [3.63, 3.8) is 0 Å². The first-order chi connectivity index (χ1) is 12.8. The maximum absolute atomic E-state index is 4.68. The minimum absolute atomic E-state index is 0.974. The molecule has 5 rings (SSSR count). The Hall–Kier alpha value is -3.08. The van der Waals surface area contributed by atoms with Gasteiger partial charge in [-0.25, -0.2) is 9.97 Å². The number of benzene rings is 1. The zero-order valence-electron chi connectivity index (χ0n) is 14.8. The van der Waals surface area contributed by atoms with Crippen molar-refractivity contribution in [1.29, 1.82) is 0 Å². The first-order valence-corrected chi connectivity index (χ1v) is 9.04. The number of piperazine rings is 1. The minimum atomic E-state index is 0.974. The molecule has 0 saturated carbocycles. The van der Waals surface area contributed by atoms with Crippen LogP contribution in [0.2, 0.25) is 0 Å². The monoisotopic (exact) mass is 343 g/mol. The van der Waals surface area contributed by atoms with Crippen LogP contribution < -0.4 is 9.80 Å². The lowest BCUT2D eigenvalue weighted by Crippen LogP contribution is -2.46. The van der Waals surface area contributed by atoms with Crippen LogP contribution in [0, 0.1) is 0 Å². The summed E-state index contributed by atoms with van der Waals surface area (Å²) in [6.07, 6.45) is 6.03. The van der Waals surface area contributed by atoms with Crippen molar-refractivity contribution < 1.29 is 0 Å². The summed E-state index contributed by atoms with van der Waals surface area (Å²) in [4.78, 5) is 14.0. The van der Waals surface area contributed by atoms with E-state index in [0.29, 0.717) is 0 Å². The van der Waals surface area contributed by atoms with Crippen LogP contribution in [0.3, 0.4) is 0 Å². The molecule has 5 heteroatoms. The lowest BCUT2D eigenvalue weighted by molar-refractivity contribution is 0.648. The molecule has 1 fully saturated rings. The number of anilines is 2. The van der Waals surface area contributed by atoms with E-state index in [2.05, 4.69) is 74.0 Å². The van der Waals surface area contributed by atoms with E-state index in [1.165, 1.54) is 21.8 Å². The number of pyridine rings is 2. The van der Waals surface area contributed by atoms with E-state index in [4.69, 9.17) is 0 Å². The van der Waals surface area contributed by atoms with E-state index < -0.39 is 0 Å². The highest BCUT2D eigenvalue weighted by molar-refractivity contribution is 5.91. The van der Waals surface area contributed by atoms with Crippen LogP contribution in [0.25, 0.3) is 21.8 Å². The molecule has 3 aromatic heterocycles. The molecule has 0 amide bonds. The summed E-state index contributed by atoms with van der Waals surface area (Å²) in [5, 5.41) is 3.67. The van der Waals surface area contributed by atoms with Gasteiger partial charge in [0.05, 0.1) is 5.69 Å². The Kier molecular flexibility index (Phi) is 3.52. The summed E-state index contributed by atoms with van der Waals surface area (Å²) in [5.74, 6) is 1.07. The number of nitrogens with zero attached hydrogens (tertiary/aromatic N) is 5. The molecule has 1 aromatic carbocycles. The summed E-state index contributed by atoms with van der Waals surface area (Å²) >= 11 is 0. The van der Waals surface area contributed by atoms with Gasteiger partial charge in [0.1, 0.15) is 11.5 Å². The van der Waals surface area contributed by atoms with Gasteiger partial charge in [0.25, 0.3) is 0 Å². The van der Waals surface area contributed by atoms with Crippen molar-refractivity contribution >= 4 is 33.3 Å². The summed E-state index contributed by atoms with van der Waals surface area (Å²) in [6, 6.07) is 14.8. The van der Waals surface area contributed by atoms with E-state index in [1.54, 1.807) is 0 Å². The van der Waals surface area contributed by atoms with Crippen molar-refractivity contribution in [3.8, 4) is 0 Å². The maximum Gasteiger partial charge on any atom is 0.141 e. The van der Waals surface area contributed by atoms with Gasteiger partial charge < -0.3 is 14.4 Å². The summed E-state index contributed by atoms with van der Waals surface area (Å²) in [6.45, 7) is 3.93. The zero-order valence-corrected chi connectivity index (χ0v) is 14.8. The van der Waals surface area contributed by atoms with Gasteiger partial charge in [-0.15, -0.1) is 0 Å². The quantitative estimate of drug-likeness (QED) is 0.559. The smallest absolute Gasteiger partial charge is 0.141 e. The average molecular weight is 343 g/mol. The normalized spacial score (nSPS) is 15.1. The number of aromatic nitrogens is 3. The molecular formula is C21H21N5. The predicted octanol–water partition coefficient (Wildman–Crippen LogP) is 3.45. The van der Waals surface area contributed by atoms with Gasteiger partial charge in [-0.1, -0.05) is 24.3 Å². The molecule has 5 nitrogen and oxygen atoms in total. The Bertz CT molecular complexity index is 1080. The van der Waals surface area contributed by atoms with Crippen molar-refractivity contribution in [2.24, 2.45) is 7.05 Å². The van der Waals surface area contributed by atoms with Gasteiger partial charge in [-0.2, -0.15) is 0 Å². The van der Waals surface area contributed by atoms with E-state index in [-0.39, 0.29) is 0 Å². The molecule has 0 aliphatic carbocycles. The Morgan fingerprint density at radius 2 is 1.62 bits per heavy atom. The average Bonchev–Trinajstić information content (AvgIpc) is 3.05. The van der Waals surface area contributed by atoms with Crippen LogP contribution in [0.5, 0.6) is 0 Å². The summed E-state index contributed by atoms with van der Waals surface area (Å²) in [7, 11) is 2.06. The SMILES string of the molecule is Cn1cc(N2CCN(c3cc4ccccc4cn3)CC2)c2cccnc21. The fraction of sp³-hybridized carbons (Fsp3) is 0.238. The number of hydrogen-bond donors (Lipinski definition) is 0. The fourth-order valence-electron chi connectivity index (χ4n) is 3.87. The van der Waals surface area contributed by atoms with Crippen LogP contribution in [0.4, 0.5) is 11.5 Å². The molecule has 26 heavy (non-hydrogen) atoms. The minimum Gasteiger partial charge on any atom is -0.366 e. The maximum atomic E-state index is 4.68. The fourth-order valence-corrected chi connectivity index (χ4v) is 3.87. The summed E-state index contributed by atoms with van der Waals surface area (Å²) < 4.78 is 2.11. The molecule has 0 N–H and O–H groups in total. The molecular weight excluding hydrogens is 322 g/mol. The number of aryl methyl sites for hydroxylation is 1. The van der Waals surface area contributed by atoms with Crippen molar-refractivity contribution in [2.45, 2.75) is 0 Å². The molecule has 4 heterocycles. The molecule has 4 aromatic rings. The third-order valence-electron chi connectivity index (χ3n) is 5.27. The molecule has 0 unspecified atom stereocenters. The first kappa shape index (κ1) is 15.2. The topological polar surface area (TPSA) is 37.2 Å². The van der Waals surface area contributed by atoms with Crippen molar-refractivity contribution in [3.05, 3.63) is 61.1 Å². The van der Waals surface area contributed by atoms with Gasteiger partial charge in [0, 0.05) is 62.6 Å². The Balaban J connectivity index is 1.38. The van der Waals surface area contributed by atoms with Crippen molar-refractivity contribution in [1.82, 2.24) is 14.5 Å². The molecule has 1 aliphatic heterocycles. The van der Waals surface area contributed by atoms with Crippen molar-refractivity contribution in [2.75, 3.05) is 36.0 Å². The lowest BCUT2D eigenvalue weighted by Gasteiger charge is -2.36. The Labute approximate surface area is 152 Å². The van der Waals surface area contributed by atoms with Gasteiger partial charge in [0.2, 0.25) is 0 Å². The molecule has 0 bridgehead atoms. The zero-order chi connectivity index (χ0) is 17.5. The van der Waals surface area contributed by atoms with Crippen LogP contribution in [0.15, 0.2) is 61.1 Å². The van der Waals surface area contributed by atoms with E-state index in [1.807, 2.05) is 18.5 Å². The van der Waals surface area contributed by atoms with Gasteiger partial charge in [0.15, 0.2) is 0 Å². The molecule has 0 spiro atoms. The van der Waals surface area contributed by atoms with Crippen LogP contribution >= 0.6 is 0 Å². The Morgan fingerprint density at radius 3 is 2.46 bits per heavy atom. The predicted molar refractivity (Wildman–Crippen MR) is 107 cm³/mol. The highest BCUT2D eigenvalue weighted by Crippen LogP contribution is 2.29. The molecule has 1 saturated heterocycles. The standard InChI is InChI=1S/C21H21N5/c1-24-15-19(18-7-4-8-22-21(18)24)25-9-11-26(12-10-25)20-13-16-5-2-3-6-17(16)14-23-20/h2-8,13-15H,9-12H2,1H3. The van der Waals surface area contributed by atoms with Gasteiger partial charge in [-0.3, -0.25) is 0 Å². The lowest BCUT2D eigenvalue weighted by atomic mass is 10.1. The highest BCUT2D eigenvalue weighted by Gasteiger charge is 2.21. The third kappa shape index (κ3) is 2.47. The number of hydrogen-bond acceptors (Lipinski definition) is 4. The first-order valence-electron chi connectivity index (χ1n) is 9.04. The second kappa shape index (κ2) is 6.02. The molecule has 1 aliphatic rings. The largest absolute Gasteiger partial charge is 0.366 e. The Morgan fingerprint density at radius 1 is 0.846 bits per heavy atom. The van der Waals surface area contributed by atoms with Crippen LogP contribution in [0.1, 0.15) is 0 Å². The van der Waals surface area contributed by atoms with Gasteiger partial charge in [-0.05, 0) is 23.6 Å². The molecule has 0 atom stereocenters. The summed E-state index contributed by atoms with van der Waals surface area (Å²) in [5.41, 5.74) is 2.32. The highest BCUT2D eigenvalue weighted by atomic mass is 15.3.